The van der Waals surface area contributed by atoms with E-state index in [1.807, 2.05) is 18.7 Å². The largest absolute Gasteiger partial charge is 0.393 e. The summed E-state index contributed by atoms with van der Waals surface area (Å²) in [6, 6.07) is 8.58. The van der Waals surface area contributed by atoms with Crippen LogP contribution < -0.4 is 0 Å². The summed E-state index contributed by atoms with van der Waals surface area (Å²) in [4.78, 5) is 1.36. The molecular weight excluding hydrogens is 192 g/mol. The maximum atomic E-state index is 9.23. The highest BCUT2D eigenvalue weighted by molar-refractivity contribution is 8.00. The van der Waals surface area contributed by atoms with E-state index in [0.717, 1.165) is 11.7 Å². The standard InChI is InChI=1S/C12H16OS/c1-9(13)8-10-2-4-11(5-3-10)14-12-6-7-12/h2-5,9,12-13H,6-8H2,1H3. The Morgan fingerprint density at radius 2 is 2.00 bits per heavy atom. The second-order valence-corrected chi connectivity index (χ2v) is 5.39. The monoisotopic (exact) mass is 208 g/mol. The van der Waals surface area contributed by atoms with Crippen LogP contribution in [0.3, 0.4) is 0 Å². The Bertz CT molecular complexity index is 265. The summed E-state index contributed by atoms with van der Waals surface area (Å²) in [5, 5.41) is 10.1. The van der Waals surface area contributed by atoms with Gasteiger partial charge in [0.25, 0.3) is 0 Å². The third-order valence-corrected chi connectivity index (χ3v) is 3.63. The summed E-state index contributed by atoms with van der Waals surface area (Å²) < 4.78 is 0. The molecule has 76 valence electrons. The molecule has 1 nitrogen and oxygen atoms in total. The van der Waals surface area contributed by atoms with Crippen LogP contribution in [-0.2, 0) is 6.42 Å². The number of rotatable bonds is 4. The molecule has 0 amide bonds. The van der Waals surface area contributed by atoms with Crippen molar-refractivity contribution in [3.8, 4) is 0 Å². The minimum absolute atomic E-state index is 0.239. The highest BCUT2D eigenvalue weighted by Gasteiger charge is 2.22. The second kappa shape index (κ2) is 4.37. The summed E-state index contributed by atoms with van der Waals surface area (Å²) in [5.74, 6) is 0. The zero-order valence-corrected chi connectivity index (χ0v) is 9.26. The minimum atomic E-state index is -0.239. The van der Waals surface area contributed by atoms with Gasteiger partial charge in [0, 0.05) is 10.1 Å². The topological polar surface area (TPSA) is 20.2 Å². The van der Waals surface area contributed by atoms with Gasteiger partial charge in [-0.15, -0.1) is 11.8 Å². The lowest BCUT2D eigenvalue weighted by Crippen LogP contribution is -2.03. The number of thioether (sulfide) groups is 1. The number of hydrogen-bond acceptors (Lipinski definition) is 2. The molecule has 14 heavy (non-hydrogen) atoms. The Morgan fingerprint density at radius 3 is 2.50 bits per heavy atom. The third-order valence-electron chi connectivity index (χ3n) is 2.28. The van der Waals surface area contributed by atoms with E-state index in [2.05, 4.69) is 24.3 Å². The fraction of sp³-hybridized carbons (Fsp3) is 0.500. The molecule has 0 heterocycles. The first-order chi connectivity index (χ1) is 6.74. The molecule has 0 radical (unpaired) electrons. The first kappa shape index (κ1) is 10.1. The molecule has 1 N–H and O–H groups in total. The van der Waals surface area contributed by atoms with Gasteiger partial charge in [-0.2, -0.15) is 0 Å². The van der Waals surface area contributed by atoms with Crippen LogP contribution in [-0.4, -0.2) is 16.5 Å². The molecule has 2 heteroatoms. The van der Waals surface area contributed by atoms with Gasteiger partial charge in [-0.25, -0.2) is 0 Å². The van der Waals surface area contributed by atoms with Crippen molar-refractivity contribution in [3.63, 3.8) is 0 Å². The van der Waals surface area contributed by atoms with Crippen LogP contribution in [0.5, 0.6) is 0 Å². The van der Waals surface area contributed by atoms with Crippen molar-refractivity contribution in [2.75, 3.05) is 0 Å². The first-order valence-corrected chi connectivity index (χ1v) is 6.05. The molecule has 0 bridgehead atoms. The predicted octanol–water partition coefficient (Wildman–Crippen LogP) is 2.86. The van der Waals surface area contributed by atoms with Crippen molar-refractivity contribution in [3.05, 3.63) is 29.8 Å². The highest BCUT2D eigenvalue weighted by Crippen LogP contribution is 2.38. The van der Waals surface area contributed by atoms with E-state index < -0.39 is 0 Å². The molecule has 1 aliphatic carbocycles. The van der Waals surface area contributed by atoms with E-state index >= 15 is 0 Å². The molecular formula is C12H16OS. The number of aliphatic hydroxyl groups excluding tert-OH is 1. The van der Waals surface area contributed by atoms with E-state index in [1.54, 1.807) is 0 Å². The normalized spacial score (nSPS) is 18.1. The molecule has 0 saturated heterocycles. The fourth-order valence-electron chi connectivity index (χ4n) is 1.42. The maximum absolute atomic E-state index is 9.23. The van der Waals surface area contributed by atoms with Crippen molar-refractivity contribution in [1.82, 2.24) is 0 Å². The van der Waals surface area contributed by atoms with Crippen LogP contribution in [0, 0.1) is 0 Å². The van der Waals surface area contributed by atoms with Crippen molar-refractivity contribution >= 4 is 11.8 Å². The fourth-order valence-corrected chi connectivity index (χ4v) is 2.47. The van der Waals surface area contributed by atoms with E-state index in [-0.39, 0.29) is 6.10 Å². The van der Waals surface area contributed by atoms with Crippen LogP contribution in [0.1, 0.15) is 25.3 Å². The van der Waals surface area contributed by atoms with Crippen molar-refractivity contribution < 1.29 is 5.11 Å². The Morgan fingerprint density at radius 1 is 1.36 bits per heavy atom. The van der Waals surface area contributed by atoms with Gasteiger partial charge in [-0.05, 0) is 43.9 Å². The van der Waals surface area contributed by atoms with Gasteiger partial charge in [0.05, 0.1) is 6.10 Å². The Hall–Kier alpha value is -0.470. The van der Waals surface area contributed by atoms with Gasteiger partial charge in [0.1, 0.15) is 0 Å². The minimum Gasteiger partial charge on any atom is -0.393 e. The van der Waals surface area contributed by atoms with Gasteiger partial charge in [-0.1, -0.05) is 12.1 Å². The Balaban J connectivity index is 1.94. The zero-order valence-electron chi connectivity index (χ0n) is 8.44. The Kier molecular flexibility index (Phi) is 3.14. The molecule has 1 saturated carbocycles. The van der Waals surface area contributed by atoms with Crippen LogP contribution in [0.2, 0.25) is 0 Å². The lowest BCUT2D eigenvalue weighted by atomic mass is 10.1. The molecule has 0 aromatic heterocycles. The van der Waals surface area contributed by atoms with E-state index in [4.69, 9.17) is 0 Å². The van der Waals surface area contributed by atoms with E-state index in [0.29, 0.717) is 0 Å². The van der Waals surface area contributed by atoms with E-state index in [9.17, 15) is 5.11 Å². The summed E-state index contributed by atoms with van der Waals surface area (Å²) in [6.07, 6.45) is 3.27. The average Bonchev–Trinajstić information content (AvgIpc) is 2.91. The SMILES string of the molecule is CC(O)Cc1ccc(SC2CC2)cc1. The number of aliphatic hydroxyl groups is 1. The first-order valence-electron chi connectivity index (χ1n) is 5.18. The summed E-state index contributed by atoms with van der Waals surface area (Å²) >= 11 is 1.97. The quantitative estimate of drug-likeness (QED) is 0.821. The van der Waals surface area contributed by atoms with Crippen molar-refractivity contribution in [2.24, 2.45) is 0 Å². The van der Waals surface area contributed by atoms with Gasteiger partial charge < -0.3 is 5.11 Å². The van der Waals surface area contributed by atoms with Gasteiger partial charge in [0.15, 0.2) is 0 Å². The van der Waals surface area contributed by atoms with Crippen LogP contribution in [0.15, 0.2) is 29.2 Å². The lowest BCUT2D eigenvalue weighted by molar-refractivity contribution is 0.195. The molecule has 1 fully saturated rings. The zero-order chi connectivity index (χ0) is 9.97. The molecule has 2 rings (SSSR count). The molecule has 1 aliphatic rings. The number of benzene rings is 1. The summed E-state index contributed by atoms with van der Waals surface area (Å²) in [5.41, 5.74) is 1.22. The van der Waals surface area contributed by atoms with Gasteiger partial charge in [0.2, 0.25) is 0 Å². The molecule has 1 aromatic carbocycles. The van der Waals surface area contributed by atoms with E-state index in [1.165, 1.54) is 23.3 Å². The van der Waals surface area contributed by atoms with Crippen LogP contribution in [0.25, 0.3) is 0 Å². The molecule has 1 aromatic rings. The van der Waals surface area contributed by atoms with Crippen LogP contribution >= 0.6 is 11.8 Å². The predicted molar refractivity (Wildman–Crippen MR) is 60.7 cm³/mol. The summed E-state index contributed by atoms with van der Waals surface area (Å²) in [6.45, 7) is 1.83. The van der Waals surface area contributed by atoms with Crippen molar-refractivity contribution in [1.29, 1.82) is 0 Å². The smallest absolute Gasteiger partial charge is 0.0552 e. The third kappa shape index (κ3) is 3.03. The molecule has 1 atom stereocenters. The second-order valence-electron chi connectivity index (χ2n) is 4.01. The van der Waals surface area contributed by atoms with Crippen LogP contribution in [0.4, 0.5) is 0 Å². The maximum Gasteiger partial charge on any atom is 0.0552 e. The Labute approximate surface area is 89.5 Å². The molecule has 0 aliphatic heterocycles. The highest BCUT2D eigenvalue weighted by atomic mass is 32.2. The van der Waals surface area contributed by atoms with Crippen molar-refractivity contribution in [2.45, 2.75) is 42.4 Å². The average molecular weight is 208 g/mol. The number of hydrogen-bond donors (Lipinski definition) is 1. The summed E-state index contributed by atoms with van der Waals surface area (Å²) in [7, 11) is 0. The van der Waals surface area contributed by atoms with Gasteiger partial charge in [-0.3, -0.25) is 0 Å². The molecule has 1 unspecified atom stereocenters. The lowest BCUT2D eigenvalue weighted by Gasteiger charge is -2.05. The van der Waals surface area contributed by atoms with Gasteiger partial charge >= 0.3 is 0 Å². The molecule has 0 spiro atoms.